The van der Waals surface area contributed by atoms with Crippen LogP contribution in [0.15, 0.2) is 0 Å². The lowest BCUT2D eigenvalue weighted by atomic mass is 10.1. The molecule has 1 aromatic heterocycles. The predicted molar refractivity (Wildman–Crippen MR) is 69.4 cm³/mol. The molecule has 0 bridgehead atoms. The second-order valence-corrected chi connectivity index (χ2v) is 4.54. The molecular formula is C12H16N6O. The summed E-state index contributed by atoms with van der Waals surface area (Å²) in [4.78, 5) is 13.3. The van der Waals surface area contributed by atoms with Crippen LogP contribution in [0.3, 0.4) is 0 Å². The molecule has 0 saturated carbocycles. The maximum Gasteiger partial charge on any atom is 0.241 e. The van der Waals surface area contributed by atoms with E-state index in [1.54, 1.807) is 11.8 Å². The van der Waals surface area contributed by atoms with Gasteiger partial charge in [-0.25, -0.2) is 0 Å². The van der Waals surface area contributed by atoms with Crippen molar-refractivity contribution in [2.75, 3.05) is 24.5 Å². The van der Waals surface area contributed by atoms with Gasteiger partial charge in [0.1, 0.15) is 17.7 Å². The van der Waals surface area contributed by atoms with E-state index in [2.05, 4.69) is 21.6 Å². The van der Waals surface area contributed by atoms with Crippen LogP contribution in [0.1, 0.15) is 16.8 Å². The summed E-state index contributed by atoms with van der Waals surface area (Å²) in [5.74, 6) is 0.00650. The first-order valence-corrected chi connectivity index (χ1v) is 6.07. The van der Waals surface area contributed by atoms with Crippen molar-refractivity contribution in [1.29, 1.82) is 5.26 Å². The number of carbonyl (C=O) groups is 1. The van der Waals surface area contributed by atoms with Gasteiger partial charge in [0.2, 0.25) is 5.91 Å². The Hall–Kier alpha value is -2.20. The van der Waals surface area contributed by atoms with Gasteiger partial charge in [-0.3, -0.25) is 4.79 Å². The van der Waals surface area contributed by atoms with Crippen LogP contribution in [-0.4, -0.2) is 41.8 Å². The number of nitriles is 1. The number of nitrogens with zero attached hydrogens (tertiary/aromatic N) is 4. The number of hydrogen-bond donors (Lipinski definition) is 2. The number of nitrogens with two attached hydrogens (primary N) is 1. The third kappa shape index (κ3) is 2.35. The van der Waals surface area contributed by atoms with Crippen LogP contribution in [-0.2, 0) is 4.79 Å². The Bertz CT molecular complexity index is 550. The van der Waals surface area contributed by atoms with Gasteiger partial charge in [-0.15, -0.1) is 5.10 Å². The van der Waals surface area contributed by atoms with E-state index in [0.29, 0.717) is 36.7 Å². The first-order chi connectivity index (χ1) is 9.06. The number of nitrogens with one attached hydrogen (secondary N) is 1. The van der Waals surface area contributed by atoms with E-state index in [0.717, 1.165) is 5.56 Å². The molecule has 0 radical (unpaired) electrons. The molecular weight excluding hydrogens is 244 g/mol. The molecule has 2 heterocycles. The van der Waals surface area contributed by atoms with Gasteiger partial charge in [-0.2, -0.15) is 10.4 Å². The van der Waals surface area contributed by atoms with E-state index in [-0.39, 0.29) is 0 Å². The molecule has 19 heavy (non-hydrogen) atoms. The number of amides is 1. The highest BCUT2D eigenvalue weighted by Crippen LogP contribution is 2.23. The number of piperazine rings is 1. The van der Waals surface area contributed by atoms with Gasteiger partial charge in [0.05, 0.1) is 5.69 Å². The summed E-state index contributed by atoms with van der Waals surface area (Å²) in [5, 5.41) is 20.5. The SMILES string of the molecule is Cc1nnc(N2CCNCC2C(N)=O)c(C#N)c1C. The van der Waals surface area contributed by atoms with Crippen LogP contribution in [0.25, 0.3) is 0 Å². The zero-order chi connectivity index (χ0) is 14.0. The number of carbonyl (C=O) groups excluding carboxylic acids is 1. The van der Waals surface area contributed by atoms with Crippen molar-refractivity contribution in [3.05, 3.63) is 16.8 Å². The molecule has 1 atom stereocenters. The normalized spacial score (nSPS) is 19.0. The molecule has 7 heteroatoms. The lowest BCUT2D eigenvalue weighted by Crippen LogP contribution is -2.57. The quantitative estimate of drug-likeness (QED) is 0.723. The zero-order valence-electron chi connectivity index (χ0n) is 11.0. The summed E-state index contributed by atoms with van der Waals surface area (Å²) >= 11 is 0. The van der Waals surface area contributed by atoms with Crippen molar-refractivity contribution in [2.24, 2.45) is 5.73 Å². The van der Waals surface area contributed by atoms with Crippen molar-refractivity contribution < 1.29 is 4.79 Å². The lowest BCUT2D eigenvalue weighted by molar-refractivity contribution is -0.119. The highest BCUT2D eigenvalue weighted by molar-refractivity contribution is 5.84. The molecule has 1 aromatic rings. The highest BCUT2D eigenvalue weighted by Gasteiger charge is 2.30. The Morgan fingerprint density at radius 2 is 2.26 bits per heavy atom. The molecule has 100 valence electrons. The van der Waals surface area contributed by atoms with E-state index >= 15 is 0 Å². The average Bonchev–Trinajstić information content (AvgIpc) is 2.41. The molecule has 1 aliphatic heterocycles. The Labute approximate surface area is 111 Å². The van der Waals surface area contributed by atoms with Gasteiger partial charge in [0.25, 0.3) is 0 Å². The van der Waals surface area contributed by atoms with Gasteiger partial charge < -0.3 is 16.0 Å². The summed E-state index contributed by atoms with van der Waals surface area (Å²) in [6.07, 6.45) is 0. The monoisotopic (exact) mass is 260 g/mol. The Balaban J connectivity index is 2.48. The number of aryl methyl sites for hydroxylation is 1. The van der Waals surface area contributed by atoms with Crippen molar-refractivity contribution in [1.82, 2.24) is 15.5 Å². The summed E-state index contributed by atoms with van der Waals surface area (Å²) in [6.45, 7) is 5.36. The standard InChI is InChI=1S/C12H16N6O/c1-7-8(2)16-17-12(9(7)5-13)18-4-3-15-6-10(18)11(14)19/h10,15H,3-4,6H2,1-2H3,(H2,14,19). The highest BCUT2D eigenvalue weighted by atomic mass is 16.1. The molecule has 0 spiro atoms. The van der Waals surface area contributed by atoms with Gasteiger partial charge in [0, 0.05) is 19.6 Å². The second-order valence-electron chi connectivity index (χ2n) is 4.54. The molecule has 2 rings (SSSR count). The summed E-state index contributed by atoms with van der Waals surface area (Å²) in [7, 11) is 0. The van der Waals surface area contributed by atoms with Crippen LogP contribution in [0.5, 0.6) is 0 Å². The number of rotatable bonds is 2. The third-order valence-electron chi connectivity index (χ3n) is 3.39. The van der Waals surface area contributed by atoms with Crippen LogP contribution in [0.2, 0.25) is 0 Å². The average molecular weight is 260 g/mol. The van der Waals surface area contributed by atoms with Crippen LogP contribution >= 0.6 is 0 Å². The maximum absolute atomic E-state index is 11.5. The fraction of sp³-hybridized carbons (Fsp3) is 0.500. The second kappa shape index (κ2) is 5.20. The fourth-order valence-corrected chi connectivity index (χ4v) is 2.14. The Morgan fingerprint density at radius 1 is 1.53 bits per heavy atom. The van der Waals surface area contributed by atoms with Gasteiger partial charge in [0.15, 0.2) is 5.82 Å². The van der Waals surface area contributed by atoms with Crippen LogP contribution in [0.4, 0.5) is 5.82 Å². The van der Waals surface area contributed by atoms with Crippen molar-refractivity contribution in [2.45, 2.75) is 19.9 Å². The van der Waals surface area contributed by atoms with Gasteiger partial charge >= 0.3 is 0 Å². The minimum atomic E-state index is -0.503. The molecule has 1 aliphatic rings. The first kappa shape index (κ1) is 13.2. The van der Waals surface area contributed by atoms with E-state index in [1.165, 1.54) is 0 Å². The minimum absolute atomic E-state index is 0.434. The zero-order valence-corrected chi connectivity index (χ0v) is 11.0. The lowest BCUT2D eigenvalue weighted by Gasteiger charge is -2.35. The van der Waals surface area contributed by atoms with Gasteiger partial charge in [-0.1, -0.05) is 0 Å². The molecule has 1 amide bonds. The van der Waals surface area contributed by atoms with E-state index in [4.69, 9.17) is 5.73 Å². The van der Waals surface area contributed by atoms with Crippen molar-refractivity contribution in [3.8, 4) is 6.07 Å². The fourth-order valence-electron chi connectivity index (χ4n) is 2.14. The number of aromatic nitrogens is 2. The first-order valence-electron chi connectivity index (χ1n) is 6.07. The molecule has 1 fully saturated rings. The van der Waals surface area contributed by atoms with Crippen LogP contribution < -0.4 is 16.0 Å². The molecule has 7 nitrogen and oxygen atoms in total. The molecule has 3 N–H and O–H groups in total. The smallest absolute Gasteiger partial charge is 0.241 e. The summed E-state index contributed by atoms with van der Waals surface area (Å²) in [6, 6.07) is 1.64. The largest absolute Gasteiger partial charge is 0.368 e. The van der Waals surface area contributed by atoms with Gasteiger partial charge in [-0.05, 0) is 19.4 Å². The Kier molecular flexibility index (Phi) is 3.62. The van der Waals surface area contributed by atoms with Crippen molar-refractivity contribution in [3.63, 3.8) is 0 Å². The van der Waals surface area contributed by atoms with Crippen LogP contribution in [0, 0.1) is 25.2 Å². The minimum Gasteiger partial charge on any atom is -0.368 e. The predicted octanol–water partition coefficient (Wildman–Crippen LogP) is -0.771. The third-order valence-corrected chi connectivity index (χ3v) is 3.39. The molecule has 0 aromatic carbocycles. The Morgan fingerprint density at radius 3 is 2.89 bits per heavy atom. The van der Waals surface area contributed by atoms with E-state index in [1.807, 2.05) is 6.92 Å². The van der Waals surface area contributed by atoms with Crippen molar-refractivity contribution >= 4 is 11.7 Å². The topological polar surface area (TPSA) is 108 Å². The summed E-state index contributed by atoms with van der Waals surface area (Å²) < 4.78 is 0. The maximum atomic E-state index is 11.5. The number of anilines is 1. The molecule has 1 saturated heterocycles. The molecule has 1 unspecified atom stereocenters. The van der Waals surface area contributed by atoms with E-state index in [9.17, 15) is 10.1 Å². The summed E-state index contributed by atoms with van der Waals surface area (Å²) in [5.41, 5.74) is 7.36. The molecule has 0 aliphatic carbocycles. The van der Waals surface area contributed by atoms with E-state index < -0.39 is 11.9 Å². The number of hydrogen-bond acceptors (Lipinski definition) is 6. The number of primary amides is 1.